The number of hydrogen-bond donors (Lipinski definition) is 1. The van der Waals surface area contributed by atoms with Crippen LogP contribution < -0.4 is 5.32 Å². The SMILES string of the molecule is CCC(C)CC(C)Nc1ccc(S(=O)(=O)N(C)C)cc1. The van der Waals surface area contributed by atoms with Crippen LogP contribution in [0, 0.1) is 5.92 Å². The standard InChI is InChI=1S/C15H26N2O2S/c1-6-12(2)11-13(3)16-14-7-9-15(10-8-14)20(18,19)17(4)5/h7-10,12-13,16H,6,11H2,1-5H3. The van der Waals surface area contributed by atoms with Gasteiger partial charge in [-0.15, -0.1) is 0 Å². The molecule has 1 N–H and O–H groups in total. The third-order valence-corrected chi connectivity index (χ3v) is 5.33. The third-order valence-electron chi connectivity index (χ3n) is 3.50. The number of rotatable bonds is 7. The van der Waals surface area contributed by atoms with Gasteiger partial charge in [0.1, 0.15) is 0 Å². The average molecular weight is 298 g/mol. The Morgan fingerprint density at radius 1 is 1.15 bits per heavy atom. The number of sulfonamides is 1. The van der Waals surface area contributed by atoms with Crippen molar-refractivity contribution in [2.45, 2.75) is 44.6 Å². The topological polar surface area (TPSA) is 49.4 Å². The second kappa shape index (κ2) is 7.09. The highest BCUT2D eigenvalue weighted by molar-refractivity contribution is 7.89. The highest BCUT2D eigenvalue weighted by atomic mass is 32.2. The minimum Gasteiger partial charge on any atom is -0.383 e. The molecule has 1 aromatic carbocycles. The maximum Gasteiger partial charge on any atom is 0.242 e. The van der Waals surface area contributed by atoms with Crippen LogP contribution in [-0.4, -0.2) is 32.9 Å². The molecule has 0 aliphatic carbocycles. The van der Waals surface area contributed by atoms with E-state index in [4.69, 9.17) is 0 Å². The van der Waals surface area contributed by atoms with E-state index in [0.29, 0.717) is 16.9 Å². The van der Waals surface area contributed by atoms with Crippen LogP contribution in [0.5, 0.6) is 0 Å². The second-order valence-electron chi connectivity index (χ2n) is 5.61. The van der Waals surface area contributed by atoms with Crippen LogP contribution in [0.15, 0.2) is 29.2 Å². The van der Waals surface area contributed by atoms with Crippen LogP contribution in [0.1, 0.15) is 33.6 Å². The smallest absolute Gasteiger partial charge is 0.242 e. The van der Waals surface area contributed by atoms with Crippen molar-refractivity contribution in [3.8, 4) is 0 Å². The lowest BCUT2D eigenvalue weighted by atomic mass is 10.0. The molecule has 1 rings (SSSR count). The van der Waals surface area contributed by atoms with E-state index in [1.54, 1.807) is 12.1 Å². The van der Waals surface area contributed by atoms with Crippen LogP contribution in [0.4, 0.5) is 5.69 Å². The Bertz CT molecular complexity index is 509. The fourth-order valence-electron chi connectivity index (χ4n) is 2.05. The Morgan fingerprint density at radius 3 is 2.15 bits per heavy atom. The molecule has 0 amide bonds. The normalized spacial score (nSPS) is 15.1. The highest BCUT2D eigenvalue weighted by Crippen LogP contribution is 2.19. The first-order valence-electron chi connectivity index (χ1n) is 7.06. The maximum atomic E-state index is 12.0. The number of nitrogens with one attached hydrogen (secondary N) is 1. The molecule has 2 unspecified atom stereocenters. The molecule has 114 valence electrons. The summed E-state index contributed by atoms with van der Waals surface area (Å²) in [5, 5.41) is 3.41. The molecule has 0 fully saturated rings. The lowest BCUT2D eigenvalue weighted by Gasteiger charge is -2.19. The fraction of sp³-hybridized carbons (Fsp3) is 0.600. The summed E-state index contributed by atoms with van der Waals surface area (Å²) in [6, 6.07) is 7.31. The van der Waals surface area contributed by atoms with Crippen molar-refractivity contribution in [1.82, 2.24) is 4.31 Å². The van der Waals surface area contributed by atoms with Gasteiger partial charge in [-0.05, 0) is 43.5 Å². The van der Waals surface area contributed by atoms with Crippen LogP contribution in [0.25, 0.3) is 0 Å². The Labute approximate surface area is 123 Å². The highest BCUT2D eigenvalue weighted by Gasteiger charge is 2.16. The van der Waals surface area contributed by atoms with E-state index in [2.05, 4.69) is 26.1 Å². The Morgan fingerprint density at radius 2 is 1.70 bits per heavy atom. The van der Waals surface area contributed by atoms with Gasteiger partial charge in [-0.2, -0.15) is 0 Å². The van der Waals surface area contributed by atoms with Crippen LogP contribution in [-0.2, 0) is 10.0 Å². The molecule has 0 saturated heterocycles. The number of anilines is 1. The molecule has 1 aromatic rings. The van der Waals surface area contributed by atoms with Gasteiger partial charge in [-0.1, -0.05) is 20.3 Å². The Kier molecular flexibility index (Phi) is 6.02. The minimum absolute atomic E-state index is 0.322. The van der Waals surface area contributed by atoms with E-state index >= 15 is 0 Å². The van der Waals surface area contributed by atoms with Crippen molar-refractivity contribution in [3.05, 3.63) is 24.3 Å². The molecule has 2 atom stereocenters. The molecular formula is C15H26N2O2S. The van der Waals surface area contributed by atoms with Crippen molar-refractivity contribution < 1.29 is 8.42 Å². The van der Waals surface area contributed by atoms with Crippen molar-refractivity contribution >= 4 is 15.7 Å². The van der Waals surface area contributed by atoms with Gasteiger partial charge in [0.05, 0.1) is 4.90 Å². The van der Waals surface area contributed by atoms with Crippen LogP contribution in [0.2, 0.25) is 0 Å². The first-order valence-corrected chi connectivity index (χ1v) is 8.50. The first-order chi connectivity index (χ1) is 9.27. The molecular weight excluding hydrogens is 272 g/mol. The molecule has 0 spiro atoms. The molecule has 0 saturated carbocycles. The van der Waals surface area contributed by atoms with Crippen molar-refractivity contribution in [3.63, 3.8) is 0 Å². The fourth-order valence-corrected chi connectivity index (χ4v) is 2.95. The number of hydrogen-bond acceptors (Lipinski definition) is 3. The van der Waals surface area contributed by atoms with Crippen LogP contribution in [0.3, 0.4) is 0 Å². The van der Waals surface area contributed by atoms with Gasteiger partial charge >= 0.3 is 0 Å². The summed E-state index contributed by atoms with van der Waals surface area (Å²) >= 11 is 0. The lowest BCUT2D eigenvalue weighted by Crippen LogP contribution is -2.22. The van der Waals surface area contributed by atoms with Crippen molar-refractivity contribution in [2.24, 2.45) is 5.92 Å². The summed E-state index contributed by atoms with van der Waals surface area (Å²) in [4.78, 5) is 0.322. The minimum atomic E-state index is -3.34. The molecule has 5 heteroatoms. The first kappa shape index (κ1) is 17.0. The monoisotopic (exact) mass is 298 g/mol. The molecule has 0 aliphatic rings. The van der Waals surface area contributed by atoms with Gasteiger partial charge in [-0.3, -0.25) is 0 Å². The zero-order chi connectivity index (χ0) is 15.3. The van der Waals surface area contributed by atoms with Gasteiger partial charge < -0.3 is 5.32 Å². The predicted octanol–water partition coefficient (Wildman–Crippen LogP) is 3.17. The molecule has 20 heavy (non-hydrogen) atoms. The van der Waals surface area contributed by atoms with Crippen molar-refractivity contribution in [2.75, 3.05) is 19.4 Å². The molecule has 0 aromatic heterocycles. The quantitative estimate of drug-likeness (QED) is 0.841. The molecule has 0 aliphatic heterocycles. The van der Waals surface area contributed by atoms with Gasteiger partial charge in [0.25, 0.3) is 0 Å². The molecule has 0 radical (unpaired) electrons. The zero-order valence-electron chi connectivity index (χ0n) is 13.1. The van der Waals surface area contributed by atoms with Gasteiger partial charge in [0.2, 0.25) is 10.0 Å². The van der Waals surface area contributed by atoms with Gasteiger partial charge in [0, 0.05) is 25.8 Å². The number of nitrogens with zero attached hydrogens (tertiary/aromatic N) is 1. The Balaban J connectivity index is 2.73. The van der Waals surface area contributed by atoms with E-state index in [9.17, 15) is 8.42 Å². The lowest BCUT2D eigenvalue weighted by molar-refractivity contribution is 0.484. The Hall–Kier alpha value is -1.07. The number of benzene rings is 1. The summed E-state index contributed by atoms with van der Waals surface area (Å²) in [6.07, 6.45) is 2.28. The summed E-state index contributed by atoms with van der Waals surface area (Å²) < 4.78 is 25.1. The van der Waals surface area contributed by atoms with E-state index in [0.717, 1.165) is 12.1 Å². The maximum absolute atomic E-state index is 12.0. The van der Waals surface area contributed by atoms with Gasteiger partial charge in [0.15, 0.2) is 0 Å². The van der Waals surface area contributed by atoms with Crippen molar-refractivity contribution in [1.29, 1.82) is 0 Å². The van der Waals surface area contributed by atoms with Gasteiger partial charge in [-0.25, -0.2) is 12.7 Å². The summed E-state index contributed by atoms with van der Waals surface area (Å²) in [6.45, 7) is 6.58. The zero-order valence-corrected chi connectivity index (χ0v) is 13.9. The summed E-state index contributed by atoms with van der Waals surface area (Å²) in [5.74, 6) is 0.686. The largest absolute Gasteiger partial charge is 0.383 e. The predicted molar refractivity (Wildman–Crippen MR) is 84.5 cm³/mol. The van der Waals surface area contributed by atoms with E-state index < -0.39 is 10.0 Å². The molecule has 0 heterocycles. The molecule has 4 nitrogen and oxygen atoms in total. The summed E-state index contributed by atoms with van der Waals surface area (Å²) in [5.41, 5.74) is 0.957. The average Bonchev–Trinajstić information content (AvgIpc) is 2.38. The van der Waals surface area contributed by atoms with E-state index in [-0.39, 0.29) is 0 Å². The van der Waals surface area contributed by atoms with Crippen LogP contribution >= 0.6 is 0 Å². The second-order valence-corrected chi connectivity index (χ2v) is 7.76. The van der Waals surface area contributed by atoms with E-state index in [1.807, 2.05) is 12.1 Å². The third kappa shape index (κ3) is 4.49. The molecule has 0 bridgehead atoms. The summed E-state index contributed by atoms with van der Waals surface area (Å²) in [7, 11) is -0.265. The van der Waals surface area contributed by atoms with E-state index in [1.165, 1.54) is 24.8 Å².